The topological polar surface area (TPSA) is 26.3 Å². The van der Waals surface area contributed by atoms with E-state index in [-0.39, 0.29) is 5.92 Å². The molecule has 12 heavy (non-hydrogen) atoms. The molecule has 0 saturated carbocycles. The highest BCUT2D eigenvalue weighted by Gasteiger charge is 2.21. The highest BCUT2D eigenvalue weighted by Crippen LogP contribution is 2.18. The molecule has 0 N–H and O–H groups in total. The lowest BCUT2D eigenvalue weighted by atomic mass is 9.92. The van der Waals surface area contributed by atoms with Gasteiger partial charge in [-0.3, -0.25) is 4.79 Å². The molecule has 1 atom stereocenters. The van der Waals surface area contributed by atoms with Crippen LogP contribution in [-0.2, 0) is 9.53 Å². The van der Waals surface area contributed by atoms with Crippen molar-refractivity contribution < 1.29 is 16.4 Å². The predicted molar refractivity (Wildman–Crippen MR) is 49.9 cm³/mol. The Morgan fingerprint density at radius 3 is 2.75 bits per heavy atom. The summed E-state index contributed by atoms with van der Waals surface area (Å²) in [7, 11) is 0. The van der Waals surface area contributed by atoms with Crippen LogP contribution in [0.1, 0.15) is 47.3 Å². The van der Waals surface area contributed by atoms with Crippen molar-refractivity contribution in [3.8, 4) is 0 Å². The lowest BCUT2D eigenvalue weighted by Crippen LogP contribution is -2.22. The minimum Gasteiger partial charge on any atom is -0.466 e. The van der Waals surface area contributed by atoms with Gasteiger partial charge in [-0.1, -0.05) is 27.2 Å². The molecule has 1 unspecified atom stereocenters. The Morgan fingerprint density at radius 1 is 1.67 bits per heavy atom. The van der Waals surface area contributed by atoms with E-state index in [0.29, 0.717) is 6.42 Å². The Balaban J connectivity index is 4.72. The van der Waals surface area contributed by atoms with Crippen LogP contribution in [-0.4, -0.2) is 12.5 Å². The van der Waals surface area contributed by atoms with Crippen LogP contribution in [0, 0.1) is 11.8 Å². The molecule has 0 aliphatic rings. The van der Waals surface area contributed by atoms with Gasteiger partial charge in [0, 0.05) is 4.11 Å². The number of esters is 1. The zero-order valence-electron chi connectivity index (χ0n) is 12.9. The van der Waals surface area contributed by atoms with E-state index in [9.17, 15) is 4.79 Å². The van der Waals surface area contributed by atoms with Crippen LogP contribution in [0.15, 0.2) is 0 Å². The van der Waals surface area contributed by atoms with Gasteiger partial charge < -0.3 is 4.74 Å². The molecule has 0 aromatic rings. The van der Waals surface area contributed by atoms with Crippen LogP contribution in [0.5, 0.6) is 0 Å². The third-order valence-corrected chi connectivity index (χ3v) is 1.86. The standard InChI is InChI=1S/C10H20O2/c1-5-7-9(8(3)4)10(11)12-6-2/h8-9H,5-7H2,1-4H3/i2D3,6D2. The number of carbonyl (C=O) groups excluding carboxylic acids is 1. The zero-order chi connectivity index (χ0) is 13.9. The van der Waals surface area contributed by atoms with Crippen molar-refractivity contribution in [3.05, 3.63) is 0 Å². The van der Waals surface area contributed by atoms with Gasteiger partial charge in [0.05, 0.1) is 15.2 Å². The predicted octanol–water partition coefficient (Wildman–Crippen LogP) is 2.62. The third-order valence-electron chi connectivity index (χ3n) is 1.86. The van der Waals surface area contributed by atoms with Crippen molar-refractivity contribution in [2.75, 3.05) is 6.56 Å². The Kier molecular flexibility index (Phi) is 2.64. The fourth-order valence-electron chi connectivity index (χ4n) is 1.16. The van der Waals surface area contributed by atoms with Crippen LogP contribution in [0.3, 0.4) is 0 Å². The summed E-state index contributed by atoms with van der Waals surface area (Å²) < 4.78 is 39.9. The first-order chi connectivity index (χ1) is 7.53. The molecule has 0 aliphatic carbocycles. The smallest absolute Gasteiger partial charge is 0.309 e. The number of hydrogen-bond acceptors (Lipinski definition) is 2. The molecule has 0 saturated heterocycles. The second kappa shape index (κ2) is 6.04. The summed E-state index contributed by atoms with van der Waals surface area (Å²) in [5.74, 6) is -1.24. The van der Waals surface area contributed by atoms with E-state index in [0.717, 1.165) is 6.42 Å². The van der Waals surface area contributed by atoms with Crippen LogP contribution >= 0.6 is 0 Å². The Bertz CT molecular complexity index is 260. The van der Waals surface area contributed by atoms with Gasteiger partial charge in [-0.15, -0.1) is 0 Å². The molecule has 0 bridgehead atoms. The van der Waals surface area contributed by atoms with Gasteiger partial charge in [-0.05, 0) is 19.2 Å². The molecule has 0 rings (SSSR count). The fourth-order valence-corrected chi connectivity index (χ4v) is 1.16. The lowest BCUT2D eigenvalue weighted by Gasteiger charge is -2.17. The molecular formula is C10H20O2. The maximum Gasteiger partial charge on any atom is 0.309 e. The molecule has 72 valence electrons. The highest BCUT2D eigenvalue weighted by atomic mass is 16.5. The maximum atomic E-state index is 11.7. The van der Waals surface area contributed by atoms with Gasteiger partial charge >= 0.3 is 5.97 Å². The first-order valence-electron chi connectivity index (χ1n) is 6.75. The Morgan fingerprint density at radius 2 is 2.33 bits per heavy atom. The van der Waals surface area contributed by atoms with Gasteiger partial charge in [0.15, 0.2) is 0 Å². The summed E-state index contributed by atoms with van der Waals surface area (Å²) in [6, 6.07) is 0. The third kappa shape index (κ3) is 3.74. The highest BCUT2D eigenvalue weighted by molar-refractivity contribution is 5.72. The Labute approximate surface area is 82.3 Å². The van der Waals surface area contributed by atoms with Crippen molar-refractivity contribution in [1.82, 2.24) is 0 Å². The minimum atomic E-state index is -2.96. The summed E-state index contributed by atoms with van der Waals surface area (Å²) in [4.78, 5) is 11.7. The first-order valence-corrected chi connectivity index (χ1v) is 4.25. The summed E-state index contributed by atoms with van der Waals surface area (Å²) in [5.41, 5.74) is 0. The summed E-state index contributed by atoms with van der Waals surface area (Å²) in [5, 5.41) is 0. The van der Waals surface area contributed by atoms with Crippen molar-refractivity contribution in [2.24, 2.45) is 11.8 Å². The number of rotatable bonds is 5. The molecule has 0 heterocycles. The van der Waals surface area contributed by atoms with Crippen LogP contribution in [0.2, 0.25) is 0 Å². The van der Waals surface area contributed by atoms with Gasteiger partial charge in [0.1, 0.15) is 0 Å². The largest absolute Gasteiger partial charge is 0.466 e. The molecule has 0 aromatic heterocycles. The van der Waals surface area contributed by atoms with E-state index in [1.165, 1.54) is 0 Å². The van der Waals surface area contributed by atoms with Gasteiger partial charge in [-0.2, -0.15) is 0 Å². The second-order valence-corrected chi connectivity index (χ2v) is 3.16. The van der Waals surface area contributed by atoms with Gasteiger partial charge in [0.2, 0.25) is 0 Å². The summed E-state index contributed by atoms with van der Waals surface area (Å²) >= 11 is 0. The summed E-state index contributed by atoms with van der Waals surface area (Å²) in [6.07, 6.45) is 1.32. The summed E-state index contributed by atoms with van der Waals surface area (Å²) in [6.45, 7) is -0.332. The quantitative estimate of drug-likeness (QED) is 0.603. The SMILES string of the molecule is [2H]C([2H])([2H])C([2H])([2H])OC(=O)C(CCC)C(C)C. The molecule has 0 radical (unpaired) electrons. The molecular weight excluding hydrogens is 152 g/mol. The van der Waals surface area contributed by atoms with Gasteiger partial charge in [0.25, 0.3) is 0 Å². The van der Waals surface area contributed by atoms with Crippen LogP contribution < -0.4 is 0 Å². The zero-order valence-corrected chi connectivity index (χ0v) is 7.89. The van der Waals surface area contributed by atoms with E-state index in [1.54, 1.807) is 0 Å². The maximum absolute atomic E-state index is 11.7. The van der Waals surface area contributed by atoms with E-state index >= 15 is 0 Å². The van der Waals surface area contributed by atoms with Crippen molar-refractivity contribution in [3.63, 3.8) is 0 Å². The molecule has 0 fully saturated rings. The van der Waals surface area contributed by atoms with Crippen molar-refractivity contribution in [2.45, 2.75) is 40.5 Å². The number of hydrogen-bond donors (Lipinski definition) is 0. The van der Waals surface area contributed by atoms with Crippen molar-refractivity contribution in [1.29, 1.82) is 0 Å². The molecule has 2 nitrogen and oxygen atoms in total. The van der Waals surface area contributed by atoms with Crippen LogP contribution in [0.25, 0.3) is 0 Å². The van der Waals surface area contributed by atoms with Gasteiger partial charge in [-0.25, -0.2) is 0 Å². The molecule has 2 heteroatoms. The van der Waals surface area contributed by atoms with Crippen molar-refractivity contribution >= 4 is 5.97 Å². The normalized spacial score (nSPS) is 21.5. The molecule has 0 aliphatic heterocycles. The lowest BCUT2D eigenvalue weighted by molar-refractivity contribution is -0.149. The first kappa shape index (κ1) is 5.25. The molecule has 0 aromatic carbocycles. The fraction of sp³-hybridized carbons (Fsp3) is 0.900. The van der Waals surface area contributed by atoms with E-state index in [2.05, 4.69) is 4.74 Å². The second-order valence-electron chi connectivity index (χ2n) is 3.16. The van der Waals surface area contributed by atoms with Crippen LogP contribution in [0.4, 0.5) is 0 Å². The number of carbonyl (C=O) groups is 1. The van der Waals surface area contributed by atoms with E-state index in [4.69, 9.17) is 6.85 Å². The average molecular weight is 177 g/mol. The Hall–Kier alpha value is -0.530. The average Bonchev–Trinajstić information content (AvgIpc) is 2.10. The number of ether oxygens (including phenoxy) is 1. The van der Waals surface area contributed by atoms with E-state index in [1.807, 2.05) is 20.8 Å². The minimum absolute atomic E-state index is 0.00477. The molecule has 0 amide bonds. The van der Waals surface area contributed by atoms with E-state index < -0.39 is 25.3 Å². The monoisotopic (exact) mass is 177 g/mol. The molecule has 0 spiro atoms.